The summed E-state index contributed by atoms with van der Waals surface area (Å²) in [7, 11) is 0. The summed E-state index contributed by atoms with van der Waals surface area (Å²) in [6.45, 7) is 0.294. The fourth-order valence-corrected chi connectivity index (χ4v) is 4.89. The largest absolute Gasteiger partial charge is 0.276 e. The molecule has 0 nitrogen and oxygen atoms in total. The van der Waals surface area contributed by atoms with Gasteiger partial charge in [0.1, 0.15) is 0 Å². The number of hydrogen-bond acceptors (Lipinski definition) is 0. The summed E-state index contributed by atoms with van der Waals surface area (Å²) in [5.41, 5.74) is 0. The molecule has 0 N–H and O–H groups in total. The Labute approximate surface area is 79.0 Å². The molecule has 0 saturated carbocycles. The third-order valence-corrected chi connectivity index (χ3v) is 7.02. The monoisotopic (exact) mass is 208 g/mol. The topological polar surface area (TPSA) is 0 Å². The van der Waals surface area contributed by atoms with Crippen molar-refractivity contribution >= 4 is 28.9 Å². The molecule has 1 rings (SSSR count). The molecule has 11 heavy (non-hydrogen) atoms. The van der Waals surface area contributed by atoms with Crippen molar-refractivity contribution in [3.63, 3.8) is 0 Å². The Hall–Kier alpha value is 0.537. The van der Waals surface area contributed by atoms with Crippen molar-refractivity contribution in [2.45, 2.75) is 38.7 Å². The van der Waals surface area contributed by atoms with E-state index in [2.05, 4.69) is 13.0 Å². The Morgan fingerprint density at radius 2 is 2.27 bits per heavy atom. The van der Waals surface area contributed by atoms with Crippen LogP contribution in [0.5, 0.6) is 0 Å². The van der Waals surface area contributed by atoms with E-state index in [1.54, 1.807) is 0 Å². The third-order valence-electron chi connectivity index (χ3n) is 2.12. The second kappa shape index (κ2) is 3.97. The second-order valence-corrected chi connectivity index (χ2v) is 10.1. The van der Waals surface area contributed by atoms with Crippen LogP contribution in [-0.2, 0) is 0 Å². The lowest BCUT2D eigenvalue weighted by Gasteiger charge is -2.13. The van der Waals surface area contributed by atoms with E-state index in [0.717, 1.165) is 18.9 Å². The summed E-state index contributed by atoms with van der Waals surface area (Å²) in [5.74, 6) is 0. The average Bonchev–Trinajstić information content (AvgIpc) is 2.25. The average molecular weight is 209 g/mol. The van der Waals surface area contributed by atoms with Crippen LogP contribution in [0.1, 0.15) is 32.6 Å². The van der Waals surface area contributed by atoms with E-state index in [0.29, 0.717) is 0 Å². The van der Waals surface area contributed by atoms with Gasteiger partial charge in [0.25, 0.3) is 6.69 Å². The lowest BCUT2D eigenvalue weighted by Crippen LogP contribution is -2.18. The van der Waals surface area contributed by atoms with Gasteiger partial charge < -0.3 is 0 Å². The highest BCUT2D eigenvalue weighted by Gasteiger charge is 2.35. The predicted octanol–water partition coefficient (Wildman–Crippen LogP) is 3.97. The van der Waals surface area contributed by atoms with E-state index < -0.39 is 6.69 Å². The number of halogens is 2. The zero-order valence-corrected chi connectivity index (χ0v) is 9.38. The van der Waals surface area contributed by atoms with E-state index in [1.165, 1.54) is 18.0 Å². The van der Waals surface area contributed by atoms with Gasteiger partial charge in [0.2, 0.25) is 0 Å². The number of rotatable bonds is 3. The van der Waals surface area contributed by atoms with Gasteiger partial charge in [-0.15, -0.1) is 22.2 Å². The van der Waals surface area contributed by atoms with Crippen molar-refractivity contribution in [3.8, 4) is 0 Å². The summed E-state index contributed by atoms with van der Waals surface area (Å²) in [4.78, 5) is 0. The maximum absolute atomic E-state index is 6.21. The number of allylic oxidation sites excluding steroid dienone is 2. The summed E-state index contributed by atoms with van der Waals surface area (Å²) >= 11 is 12.4. The molecule has 0 aromatic heterocycles. The molecule has 1 heterocycles. The van der Waals surface area contributed by atoms with Crippen LogP contribution in [0.3, 0.4) is 0 Å². The summed E-state index contributed by atoms with van der Waals surface area (Å²) in [6, 6.07) is 1.04. The van der Waals surface area contributed by atoms with Gasteiger partial charge in [-0.1, -0.05) is 31.0 Å². The van der Waals surface area contributed by atoms with Crippen LogP contribution in [0.15, 0.2) is 11.3 Å². The molecular weight excluding hydrogens is 195 g/mol. The first-order valence-corrected chi connectivity index (χ1v) is 8.47. The van der Waals surface area contributed by atoms with E-state index in [9.17, 15) is 0 Å². The fourth-order valence-electron chi connectivity index (χ4n) is 1.39. The molecule has 0 aromatic rings. The van der Waals surface area contributed by atoms with Gasteiger partial charge >= 0.3 is 0 Å². The standard InChI is InChI=1S/C8H14Cl2Si/c1-2-3-5-8-6-4-7-11(8,9)10/h6H,2-5,7H2,1H3. The highest BCUT2D eigenvalue weighted by atomic mass is 35.7. The molecule has 0 spiro atoms. The van der Waals surface area contributed by atoms with Gasteiger partial charge in [-0.3, -0.25) is 0 Å². The van der Waals surface area contributed by atoms with Gasteiger partial charge in [-0.25, -0.2) is 0 Å². The SMILES string of the molecule is CCCCC1=CCC[Si]1(Cl)Cl. The summed E-state index contributed by atoms with van der Waals surface area (Å²) < 4.78 is 0. The van der Waals surface area contributed by atoms with Crippen molar-refractivity contribution < 1.29 is 0 Å². The van der Waals surface area contributed by atoms with Crippen molar-refractivity contribution in [2.75, 3.05) is 0 Å². The quantitative estimate of drug-likeness (QED) is 0.487. The van der Waals surface area contributed by atoms with Crippen molar-refractivity contribution in [1.82, 2.24) is 0 Å². The molecule has 0 unspecified atom stereocenters. The Bertz CT molecular complexity index is 163. The minimum absolute atomic E-state index is 1.04. The zero-order chi connectivity index (χ0) is 8.32. The van der Waals surface area contributed by atoms with E-state index >= 15 is 0 Å². The van der Waals surface area contributed by atoms with Gasteiger partial charge in [-0.2, -0.15) is 0 Å². The first kappa shape index (κ1) is 9.62. The van der Waals surface area contributed by atoms with Crippen LogP contribution in [0.2, 0.25) is 6.04 Å². The zero-order valence-electron chi connectivity index (χ0n) is 6.87. The Morgan fingerprint density at radius 1 is 1.55 bits per heavy atom. The Kier molecular flexibility index (Phi) is 3.47. The van der Waals surface area contributed by atoms with Gasteiger partial charge in [-0.05, 0) is 18.9 Å². The number of unbranched alkanes of at least 4 members (excludes halogenated alkanes) is 1. The maximum Gasteiger partial charge on any atom is 0.276 e. The molecule has 0 aromatic carbocycles. The molecule has 64 valence electrons. The third kappa shape index (κ3) is 2.50. The van der Waals surface area contributed by atoms with Crippen molar-refractivity contribution in [3.05, 3.63) is 11.3 Å². The Balaban J connectivity index is 2.44. The van der Waals surface area contributed by atoms with Crippen LogP contribution in [0.25, 0.3) is 0 Å². The van der Waals surface area contributed by atoms with Gasteiger partial charge in [0, 0.05) is 0 Å². The predicted molar refractivity (Wildman–Crippen MR) is 54.5 cm³/mol. The van der Waals surface area contributed by atoms with Gasteiger partial charge in [0.15, 0.2) is 0 Å². The normalized spacial score (nSPS) is 21.9. The lowest BCUT2D eigenvalue weighted by atomic mass is 10.2. The molecule has 0 saturated heterocycles. The Morgan fingerprint density at radius 3 is 2.73 bits per heavy atom. The molecular formula is C8H14Cl2Si. The van der Waals surface area contributed by atoms with Crippen LogP contribution in [0.4, 0.5) is 0 Å². The second-order valence-electron chi connectivity index (χ2n) is 3.08. The molecule has 3 heteroatoms. The molecule has 1 aliphatic rings. The molecule has 0 amide bonds. The highest BCUT2D eigenvalue weighted by Crippen LogP contribution is 2.38. The maximum atomic E-state index is 6.21. The molecule has 0 bridgehead atoms. The molecule has 0 radical (unpaired) electrons. The van der Waals surface area contributed by atoms with Gasteiger partial charge in [0.05, 0.1) is 0 Å². The van der Waals surface area contributed by atoms with Crippen LogP contribution in [0, 0.1) is 0 Å². The minimum atomic E-state index is -1.90. The fraction of sp³-hybridized carbons (Fsp3) is 0.750. The van der Waals surface area contributed by atoms with E-state index in [1.807, 2.05) is 0 Å². The molecule has 0 fully saturated rings. The van der Waals surface area contributed by atoms with E-state index in [-0.39, 0.29) is 0 Å². The van der Waals surface area contributed by atoms with Crippen LogP contribution >= 0.6 is 22.2 Å². The molecule has 1 aliphatic heterocycles. The molecule has 0 aliphatic carbocycles. The van der Waals surface area contributed by atoms with E-state index in [4.69, 9.17) is 22.2 Å². The highest BCUT2D eigenvalue weighted by molar-refractivity contribution is 7.48. The lowest BCUT2D eigenvalue weighted by molar-refractivity contribution is 0.805. The first-order valence-electron chi connectivity index (χ1n) is 4.24. The first-order chi connectivity index (χ1) is 5.17. The summed E-state index contributed by atoms with van der Waals surface area (Å²) in [5, 5.41) is 1.38. The van der Waals surface area contributed by atoms with Crippen LogP contribution < -0.4 is 0 Å². The minimum Gasteiger partial charge on any atom is -0.140 e. The van der Waals surface area contributed by atoms with Crippen molar-refractivity contribution in [2.24, 2.45) is 0 Å². The summed E-state index contributed by atoms with van der Waals surface area (Å²) in [6.07, 6.45) is 6.96. The van der Waals surface area contributed by atoms with Crippen LogP contribution in [-0.4, -0.2) is 6.69 Å². The molecule has 0 atom stereocenters. The smallest absolute Gasteiger partial charge is 0.140 e. The van der Waals surface area contributed by atoms with Crippen molar-refractivity contribution in [1.29, 1.82) is 0 Å². The number of hydrogen-bond donors (Lipinski definition) is 0.